The summed E-state index contributed by atoms with van der Waals surface area (Å²) in [5.74, 6) is -0.488. The highest BCUT2D eigenvalue weighted by molar-refractivity contribution is 6.03. The number of carbonyl (C=O) groups excluding carboxylic acids is 2. The molecule has 3 aromatic rings. The Morgan fingerprint density at radius 1 is 1.22 bits per heavy atom. The first-order valence-electron chi connectivity index (χ1n) is 9.60. The highest BCUT2D eigenvalue weighted by Crippen LogP contribution is 2.33. The fourth-order valence-electron chi connectivity index (χ4n) is 2.82. The molecule has 12 heteroatoms. The van der Waals surface area contributed by atoms with Crippen LogP contribution in [0.2, 0.25) is 0 Å². The maximum atomic E-state index is 12.8. The molecule has 1 aromatic carbocycles. The van der Waals surface area contributed by atoms with Crippen LogP contribution >= 0.6 is 0 Å². The van der Waals surface area contributed by atoms with Crippen molar-refractivity contribution in [3.05, 3.63) is 40.4 Å². The Morgan fingerprint density at radius 3 is 2.59 bits per heavy atom. The number of hydrogen-bond acceptors (Lipinski definition) is 10. The lowest BCUT2D eigenvalue weighted by atomic mass is 10.2. The van der Waals surface area contributed by atoms with Gasteiger partial charge in [0, 0.05) is 19.4 Å². The van der Waals surface area contributed by atoms with E-state index in [1.807, 2.05) is 0 Å². The first-order valence-corrected chi connectivity index (χ1v) is 9.60. The second-order valence-electron chi connectivity index (χ2n) is 6.48. The van der Waals surface area contributed by atoms with Crippen LogP contribution in [-0.4, -0.2) is 51.7 Å². The van der Waals surface area contributed by atoms with Gasteiger partial charge in [-0.05, 0) is 19.1 Å². The van der Waals surface area contributed by atoms with Gasteiger partial charge in [-0.25, -0.2) is 15.0 Å². The number of esters is 1. The molecule has 0 saturated heterocycles. The summed E-state index contributed by atoms with van der Waals surface area (Å²) in [6.45, 7) is 2.04. The fraction of sp³-hybridized carbons (Fsp3) is 0.300. The Morgan fingerprint density at radius 2 is 1.94 bits per heavy atom. The normalized spacial score (nSPS) is 10.6. The first-order chi connectivity index (χ1) is 15.3. The number of amides is 1. The van der Waals surface area contributed by atoms with Crippen molar-refractivity contribution < 1.29 is 23.8 Å². The monoisotopic (exact) mass is 442 g/mol. The molecule has 0 atom stereocenters. The van der Waals surface area contributed by atoms with E-state index in [4.69, 9.17) is 19.9 Å². The molecule has 0 aliphatic heterocycles. The van der Waals surface area contributed by atoms with Crippen molar-refractivity contribution >= 4 is 34.7 Å². The number of fused-ring (bicyclic) bond motifs is 1. The second-order valence-corrected chi connectivity index (χ2v) is 6.48. The van der Waals surface area contributed by atoms with Gasteiger partial charge in [-0.1, -0.05) is 0 Å². The minimum absolute atomic E-state index is 0.0219. The number of hydrogen-bond donors (Lipinski definition) is 2. The Labute approximate surface area is 182 Å². The smallest absolute Gasteiger partial charge is 0.309 e. The fourth-order valence-corrected chi connectivity index (χ4v) is 2.82. The summed E-state index contributed by atoms with van der Waals surface area (Å²) >= 11 is 0. The third-order valence-electron chi connectivity index (χ3n) is 4.40. The van der Waals surface area contributed by atoms with Crippen LogP contribution in [-0.2, 0) is 16.6 Å². The molecule has 0 unspecified atom stereocenters. The molecule has 168 valence electrons. The van der Waals surface area contributed by atoms with E-state index < -0.39 is 17.4 Å². The second kappa shape index (κ2) is 9.73. The van der Waals surface area contributed by atoms with Gasteiger partial charge in [0.1, 0.15) is 5.52 Å². The van der Waals surface area contributed by atoms with Crippen LogP contribution in [0.4, 0.5) is 11.9 Å². The molecule has 1 amide bonds. The van der Waals surface area contributed by atoms with Crippen LogP contribution in [0.5, 0.6) is 11.5 Å². The van der Waals surface area contributed by atoms with Crippen LogP contribution in [0, 0.1) is 0 Å². The molecule has 3 rings (SSSR count). The number of methoxy groups -OCH3 is 1. The molecule has 0 aliphatic rings. The molecular weight excluding hydrogens is 420 g/mol. The summed E-state index contributed by atoms with van der Waals surface area (Å²) in [5, 5.41) is 2.82. The van der Waals surface area contributed by atoms with Crippen molar-refractivity contribution in [2.75, 3.05) is 31.4 Å². The zero-order valence-corrected chi connectivity index (χ0v) is 17.7. The number of nitrogens with two attached hydrogens (primary N) is 1. The highest BCUT2D eigenvalue weighted by atomic mass is 16.5. The van der Waals surface area contributed by atoms with Crippen molar-refractivity contribution in [1.29, 1.82) is 0 Å². The molecule has 0 aliphatic carbocycles. The van der Waals surface area contributed by atoms with Crippen LogP contribution < -0.4 is 26.1 Å². The molecule has 0 fully saturated rings. The Hall–Kier alpha value is -4.22. The summed E-state index contributed by atoms with van der Waals surface area (Å²) in [5.41, 5.74) is 5.35. The van der Waals surface area contributed by atoms with Crippen molar-refractivity contribution in [1.82, 2.24) is 19.5 Å². The molecule has 3 N–H and O–H groups in total. The number of benzene rings is 1. The molecule has 2 heterocycles. The molecule has 0 spiro atoms. The van der Waals surface area contributed by atoms with E-state index in [9.17, 15) is 14.4 Å². The lowest BCUT2D eigenvalue weighted by Crippen LogP contribution is -2.25. The molecule has 0 bridgehead atoms. The number of ether oxygens (including phenoxy) is 3. The average molecular weight is 442 g/mol. The number of rotatable bonds is 8. The van der Waals surface area contributed by atoms with E-state index in [0.717, 1.165) is 0 Å². The number of aromatic nitrogens is 4. The van der Waals surface area contributed by atoms with E-state index in [0.29, 0.717) is 0 Å². The molecule has 0 saturated carbocycles. The van der Waals surface area contributed by atoms with Crippen LogP contribution in [0.25, 0.3) is 10.9 Å². The summed E-state index contributed by atoms with van der Waals surface area (Å²) < 4.78 is 17.1. The van der Waals surface area contributed by atoms with Gasteiger partial charge in [0.2, 0.25) is 11.9 Å². The van der Waals surface area contributed by atoms with Gasteiger partial charge in [-0.3, -0.25) is 24.3 Å². The number of nitrogens with one attached hydrogen (secondary N) is 1. The summed E-state index contributed by atoms with van der Waals surface area (Å²) in [6.07, 6.45) is 2.56. The zero-order valence-electron chi connectivity index (χ0n) is 17.7. The van der Waals surface area contributed by atoms with Crippen molar-refractivity contribution in [2.24, 2.45) is 7.05 Å². The van der Waals surface area contributed by atoms with Crippen LogP contribution in [0.3, 0.4) is 0 Å². The third-order valence-corrected chi connectivity index (χ3v) is 4.40. The van der Waals surface area contributed by atoms with E-state index in [-0.39, 0.29) is 59.5 Å². The zero-order chi connectivity index (χ0) is 23.3. The quantitative estimate of drug-likeness (QED) is 0.480. The highest BCUT2D eigenvalue weighted by Gasteiger charge is 2.18. The van der Waals surface area contributed by atoms with Gasteiger partial charge >= 0.3 is 5.97 Å². The van der Waals surface area contributed by atoms with Crippen LogP contribution in [0.1, 0.15) is 23.7 Å². The molecule has 0 radical (unpaired) electrons. The third kappa shape index (κ3) is 4.74. The van der Waals surface area contributed by atoms with Gasteiger partial charge in [-0.15, -0.1) is 0 Å². The van der Waals surface area contributed by atoms with E-state index in [1.165, 1.54) is 37.2 Å². The summed E-state index contributed by atoms with van der Waals surface area (Å²) in [6, 6.07) is 3.09. The number of anilines is 2. The van der Waals surface area contributed by atoms with Crippen molar-refractivity contribution in [3.63, 3.8) is 0 Å². The molecule has 32 heavy (non-hydrogen) atoms. The minimum Gasteiger partial charge on any atom is -0.491 e. The van der Waals surface area contributed by atoms with Gasteiger partial charge in [0.25, 0.3) is 11.5 Å². The number of nitrogens with zero attached hydrogens (tertiary/aromatic N) is 4. The van der Waals surface area contributed by atoms with Gasteiger partial charge in [0.05, 0.1) is 37.7 Å². The van der Waals surface area contributed by atoms with Gasteiger partial charge < -0.3 is 19.9 Å². The SMILES string of the molecule is CCOC(=O)CCOc1ccc2c(=O)n(C)c(NC(=O)c3cnc(N)nc3)nc2c1OC. The van der Waals surface area contributed by atoms with Gasteiger partial charge in [0.15, 0.2) is 11.5 Å². The predicted octanol–water partition coefficient (Wildman–Crippen LogP) is 0.899. The van der Waals surface area contributed by atoms with Crippen LogP contribution in [0.15, 0.2) is 29.3 Å². The maximum Gasteiger partial charge on any atom is 0.309 e. The van der Waals surface area contributed by atoms with Gasteiger partial charge in [-0.2, -0.15) is 0 Å². The number of nitrogen functional groups attached to an aromatic ring is 1. The lowest BCUT2D eigenvalue weighted by Gasteiger charge is -2.15. The number of carbonyl (C=O) groups is 2. The van der Waals surface area contributed by atoms with Crippen molar-refractivity contribution in [2.45, 2.75) is 13.3 Å². The Bertz CT molecular complexity index is 1210. The summed E-state index contributed by atoms with van der Waals surface area (Å²) in [7, 11) is 2.87. The van der Waals surface area contributed by atoms with E-state index in [2.05, 4.69) is 20.3 Å². The van der Waals surface area contributed by atoms with E-state index in [1.54, 1.807) is 13.0 Å². The minimum atomic E-state index is -0.576. The summed E-state index contributed by atoms with van der Waals surface area (Å²) in [4.78, 5) is 48.8. The topological polar surface area (TPSA) is 161 Å². The first kappa shape index (κ1) is 22.5. The van der Waals surface area contributed by atoms with E-state index >= 15 is 0 Å². The lowest BCUT2D eigenvalue weighted by molar-refractivity contribution is -0.143. The maximum absolute atomic E-state index is 12.8. The average Bonchev–Trinajstić information content (AvgIpc) is 2.77. The standard InChI is InChI=1S/C20H22N6O6/c1-4-31-14(27)7-8-32-13-6-5-12-15(16(13)30-3)24-20(26(2)18(12)29)25-17(28)11-9-22-19(21)23-10-11/h5-6,9-10H,4,7-8H2,1-3H3,(H2,21,22,23)(H,24,25,28). The molecular formula is C20H22N6O6. The Kier molecular flexibility index (Phi) is 6.83. The largest absolute Gasteiger partial charge is 0.491 e. The molecule has 12 nitrogen and oxygen atoms in total. The van der Waals surface area contributed by atoms with Crippen molar-refractivity contribution in [3.8, 4) is 11.5 Å². The Balaban J connectivity index is 1.94. The predicted molar refractivity (Wildman–Crippen MR) is 115 cm³/mol. The molecule has 2 aromatic heterocycles.